The lowest BCUT2D eigenvalue weighted by Crippen LogP contribution is -2.24. The van der Waals surface area contributed by atoms with Gasteiger partial charge < -0.3 is 4.90 Å². The number of rotatable bonds is 5. The molecule has 0 saturated carbocycles. The summed E-state index contributed by atoms with van der Waals surface area (Å²) in [6, 6.07) is 4.13. The lowest BCUT2D eigenvalue weighted by atomic mass is 10.2. The maximum atomic E-state index is 12.3. The second-order valence-electron chi connectivity index (χ2n) is 5.47. The second kappa shape index (κ2) is 7.67. The van der Waals surface area contributed by atoms with E-state index < -0.39 is 4.92 Å². The third-order valence-corrected chi connectivity index (χ3v) is 4.43. The number of aromatic nitrogens is 2. The molecule has 0 unspecified atom stereocenters. The predicted molar refractivity (Wildman–Crippen MR) is 96.6 cm³/mol. The number of carbonyl (C=O) groups is 1. The number of likely N-dealkylation sites (N-methyl/N-ethyl adjacent to an activating group) is 1. The first-order valence-corrected chi connectivity index (χ1v) is 8.01. The molecule has 2 rings (SSSR count). The minimum atomic E-state index is -0.505. The molecule has 7 nitrogen and oxygen atoms in total. The van der Waals surface area contributed by atoms with Gasteiger partial charge in [0.1, 0.15) is 5.15 Å². The van der Waals surface area contributed by atoms with Crippen LogP contribution in [0.25, 0.3) is 6.08 Å². The number of non-ortho nitro benzene ring substituents is 1. The SMILES string of the molecule is Cc1nn(C)c(Cl)c1/C=C/C(=O)N(C)Cc1cc([N+](=O)[O-])ccc1Cl. The number of hydrogen-bond acceptors (Lipinski definition) is 4. The van der Waals surface area contributed by atoms with Gasteiger partial charge >= 0.3 is 0 Å². The quantitative estimate of drug-likeness (QED) is 0.449. The van der Waals surface area contributed by atoms with E-state index in [-0.39, 0.29) is 18.1 Å². The Hall–Kier alpha value is -2.38. The van der Waals surface area contributed by atoms with Crippen molar-refractivity contribution in [2.24, 2.45) is 7.05 Å². The summed E-state index contributed by atoms with van der Waals surface area (Å²) in [5.41, 5.74) is 1.80. The summed E-state index contributed by atoms with van der Waals surface area (Å²) < 4.78 is 1.52. The van der Waals surface area contributed by atoms with Gasteiger partial charge in [0.15, 0.2) is 0 Å². The number of carbonyl (C=O) groups excluding carboxylic acids is 1. The van der Waals surface area contributed by atoms with Crippen molar-refractivity contribution in [2.75, 3.05) is 7.05 Å². The molecule has 0 aliphatic heterocycles. The molecule has 1 amide bonds. The van der Waals surface area contributed by atoms with Gasteiger partial charge in [0.2, 0.25) is 5.91 Å². The van der Waals surface area contributed by atoms with E-state index >= 15 is 0 Å². The largest absolute Gasteiger partial charge is 0.338 e. The van der Waals surface area contributed by atoms with Crippen LogP contribution in [-0.2, 0) is 18.4 Å². The fraction of sp³-hybridized carbons (Fsp3) is 0.250. The van der Waals surface area contributed by atoms with Gasteiger partial charge in [-0.2, -0.15) is 5.10 Å². The van der Waals surface area contributed by atoms with E-state index in [1.54, 1.807) is 27.1 Å². The molecule has 0 bridgehead atoms. The molecule has 1 heterocycles. The van der Waals surface area contributed by atoms with E-state index in [9.17, 15) is 14.9 Å². The summed E-state index contributed by atoms with van der Waals surface area (Å²) in [6.45, 7) is 1.94. The Morgan fingerprint density at radius 3 is 2.68 bits per heavy atom. The molecule has 1 aromatic carbocycles. The van der Waals surface area contributed by atoms with Crippen molar-refractivity contribution >= 4 is 40.9 Å². The number of amides is 1. The van der Waals surface area contributed by atoms with E-state index in [4.69, 9.17) is 23.2 Å². The number of benzene rings is 1. The second-order valence-corrected chi connectivity index (χ2v) is 6.24. The first kappa shape index (κ1) is 19.0. The molecule has 132 valence electrons. The lowest BCUT2D eigenvalue weighted by Gasteiger charge is -2.16. The van der Waals surface area contributed by atoms with Crippen LogP contribution in [0.5, 0.6) is 0 Å². The maximum absolute atomic E-state index is 12.3. The molecular formula is C16H16Cl2N4O3. The van der Waals surface area contributed by atoms with Crippen LogP contribution in [0.1, 0.15) is 16.8 Å². The Kier molecular flexibility index (Phi) is 5.81. The van der Waals surface area contributed by atoms with Crippen LogP contribution in [0.2, 0.25) is 10.2 Å². The number of nitrogens with zero attached hydrogens (tertiary/aromatic N) is 4. The Bertz CT molecular complexity index is 861. The van der Waals surface area contributed by atoms with Crippen LogP contribution < -0.4 is 0 Å². The highest BCUT2D eigenvalue weighted by atomic mass is 35.5. The molecular weight excluding hydrogens is 367 g/mol. The van der Waals surface area contributed by atoms with E-state index in [0.29, 0.717) is 27.0 Å². The molecule has 0 radical (unpaired) electrons. The van der Waals surface area contributed by atoms with Crippen molar-refractivity contribution in [2.45, 2.75) is 13.5 Å². The van der Waals surface area contributed by atoms with Crippen molar-refractivity contribution in [3.8, 4) is 0 Å². The van der Waals surface area contributed by atoms with Crippen molar-refractivity contribution in [3.63, 3.8) is 0 Å². The molecule has 0 atom stereocenters. The van der Waals surface area contributed by atoms with Crippen LogP contribution in [0, 0.1) is 17.0 Å². The first-order valence-electron chi connectivity index (χ1n) is 7.25. The zero-order valence-electron chi connectivity index (χ0n) is 13.9. The molecule has 0 N–H and O–H groups in total. The molecule has 0 saturated heterocycles. The Morgan fingerprint density at radius 2 is 2.12 bits per heavy atom. The summed E-state index contributed by atoms with van der Waals surface area (Å²) in [4.78, 5) is 24.0. The van der Waals surface area contributed by atoms with E-state index in [1.807, 2.05) is 0 Å². The summed E-state index contributed by atoms with van der Waals surface area (Å²) in [6.07, 6.45) is 2.97. The minimum absolute atomic E-state index is 0.0754. The van der Waals surface area contributed by atoms with Crippen LogP contribution in [0.15, 0.2) is 24.3 Å². The van der Waals surface area contributed by atoms with Crippen LogP contribution in [-0.4, -0.2) is 32.6 Å². The number of nitro benzene ring substituents is 1. The molecule has 0 spiro atoms. The average Bonchev–Trinajstić information content (AvgIpc) is 2.79. The molecule has 0 aliphatic carbocycles. The van der Waals surface area contributed by atoms with Crippen LogP contribution in [0.3, 0.4) is 0 Å². The smallest absolute Gasteiger partial charge is 0.269 e. The van der Waals surface area contributed by atoms with Crippen LogP contribution in [0.4, 0.5) is 5.69 Å². The highest BCUT2D eigenvalue weighted by molar-refractivity contribution is 6.31. The minimum Gasteiger partial charge on any atom is -0.338 e. The summed E-state index contributed by atoms with van der Waals surface area (Å²) >= 11 is 12.2. The van der Waals surface area contributed by atoms with Crippen molar-refractivity contribution in [1.82, 2.24) is 14.7 Å². The third kappa shape index (κ3) is 4.37. The number of halogens is 2. The topological polar surface area (TPSA) is 81.3 Å². The number of nitro groups is 1. The zero-order valence-corrected chi connectivity index (χ0v) is 15.4. The normalized spacial score (nSPS) is 11.1. The van der Waals surface area contributed by atoms with E-state index in [2.05, 4.69) is 5.10 Å². The van der Waals surface area contributed by atoms with Gasteiger partial charge in [-0.25, -0.2) is 0 Å². The van der Waals surface area contributed by atoms with Crippen molar-refractivity contribution in [3.05, 3.63) is 61.4 Å². The summed E-state index contributed by atoms with van der Waals surface area (Å²) in [5.74, 6) is -0.290. The van der Waals surface area contributed by atoms with Gasteiger partial charge in [0.25, 0.3) is 5.69 Å². The predicted octanol–water partition coefficient (Wildman–Crippen LogP) is 3.62. The molecule has 0 fully saturated rings. The Morgan fingerprint density at radius 1 is 1.44 bits per heavy atom. The average molecular weight is 383 g/mol. The third-order valence-electron chi connectivity index (χ3n) is 3.61. The van der Waals surface area contributed by atoms with Gasteiger partial charge in [0.05, 0.1) is 10.6 Å². The first-order chi connectivity index (χ1) is 11.7. The monoisotopic (exact) mass is 382 g/mol. The van der Waals surface area contributed by atoms with Crippen molar-refractivity contribution in [1.29, 1.82) is 0 Å². The maximum Gasteiger partial charge on any atom is 0.269 e. The molecule has 1 aromatic heterocycles. The van der Waals surface area contributed by atoms with Gasteiger partial charge in [-0.3, -0.25) is 19.6 Å². The van der Waals surface area contributed by atoms with Gasteiger partial charge in [-0.05, 0) is 24.6 Å². The van der Waals surface area contributed by atoms with Gasteiger partial charge in [-0.1, -0.05) is 23.2 Å². The van der Waals surface area contributed by atoms with Gasteiger partial charge in [0, 0.05) is 49.4 Å². The highest BCUT2D eigenvalue weighted by Gasteiger charge is 2.14. The Labute approximate surface area is 154 Å². The molecule has 25 heavy (non-hydrogen) atoms. The van der Waals surface area contributed by atoms with E-state index in [0.717, 1.165) is 0 Å². The summed E-state index contributed by atoms with van der Waals surface area (Å²) in [5, 5.41) is 15.8. The Balaban J connectivity index is 2.14. The summed E-state index contributed by atoms with van der Waals surface area (Å²) in [7, 11) is 3.30. The fourth-order valence-electron chi connectivity index (χ4n) is 2.25. The van der Waals surface area contributed by atoms with Crippen molar-refractivity contribution < 1.29 is 9.72 Å². The van der Waals surface area contributed by atoms with E-state index in [1.165, 1.54) is 33.9 Å². The zero-order chi connectivity index (χ0) is 18.7. The molecule has 2 aromatic rings. The standard InChI is InChI=1S/C16H16Cl2N4O3/c1-10-13(16(18)21(3)19-10)5-7-15(23)20(2)9-11-8-12(22(24)25)4-6-14(11)17/h4-8H,9H2,1-3H3/b7-5+. The molecule has 9 heteroatoms. The number of hydrogen-bond donors (Lipinski definition) is 0. The highest BCUT2D eigenvalue weighted by Crippen LogP contribution is 2.23. The van der Waals surface area contributed by atoms with Gasteiger partial charge in [-0.15, -0.1) is 0 Å². The number of aryl methyl sites for hydroxylation is 2. The van der Waals surface area contributed by atoms with Crippen LogP contribution >= 0.6 is 23.2 Å². The fourth-order valence-corrected chi connectivity index (χ4v) is 2.66. The molecule has 0 aliphatic rings. The lowest BCUT2D eigenvalue weighted by molar-refractivity contribution is -0.384.